The zero-order valence-corrected chi connectivity index (χ0v) is 8.70. The molecular weight excluding hydrogens is 168 g/mol. The third-order valence-electron chi connectivity index (χ3n) is 1.73. The zero-order chi connectivity index (χ0) is 10.6. The number of rotatable bonds is 4. The van der Waals surface area contributed by atoms with Crippen LogP contribution in [-0.4, -0.2) is 28.8 Å². The van der Waals surface area contributed by atoms with Crippen LogP contribution in [0.4, 0.5) is 0 Å². The van der Waals surface area contributed by atoms with Gasteiger partial charge in [0.25, 0.3) is 0 Å². The lowest BCUT2D eigenvalue weighted by Gasteiger charge is -2.30. The molecule has 4 nitrogen and oxygen atoms in total. The van der Waals surface area contributed by atoms with Gasteiger partial charge >= 0.3 is 0 Å². The number of nitrogens with zero attached hydrogens (tertiary/aromatic N) is 1. The van der Waals surface area contributed by atoms with Gasteiger partial charge in [0, 0.05) is 12.1 Å². The predicted octanol–water partition coefficient (Wildman–Crippen LogP) is 0.507. The van der Waals surface area contributed by atoms with E-state index in [1.807, 2.05) is 27.7 Å². The van der Waals surface area contributed by atoms with E-state index in [0.717, 1.165) is 0 Å². The quantitative estimate of drug-likeness (QED) is 0.650. The number of hydrogen-bond donors (Lipinski definition) is 1. The van der Waals surface area contributed by atoms with E-state index in [1.54, 1.807) is 4.90 Å². The van der Waals surface area contributed by atoms with Gasteiger partial charge in [0.1, 0.15) is 6.42 Å². The first-order valence-electron chi connectivity index (χ1n) is 4.45. The highest BCUT2D eigenvalue weighted by Gasteiger charge is 2.20. The molecule has 0 heterocycles. The molecule has 0 fully saturated rings. The van der Waals surface area contributed by atoms with Crippen LogP contribution in [0.1, 0.15) is 34.1 Å². The topological polar surface area (TPSA) is 63.4 Å². The number of hydrogen-bond acceptors (Lipinski definition) is 2. The monoisotopic (exact) mass is 186 g/mol. The molecule has 0 saturated heterocycles. The van der Waals surface area contributed by atoms with Crippen molar-refractivity contribution >= 4 is 11.8 Å². The van der Waals surface area contributed by atoms with Crippen LogP contribution < -0.4 is 5.73 Å². The van der Waals surface area contributed by atoms with E-state index in [-0.39, 0.29) is 24.4 Å². The molecule has 0 bridgehead atoms. The summed E-state index contributed by atoms with van der Waals surface area (Å²) in [6.07, 6.45) is -0.198. The second-order valence-electron chi connectivity index (χ2n) is 3.63. The highest BCUT2D eigenvalue weighted by atomic mass is 16.2. The van der Waals surface area contributed by atoms with Crippen LogP contribution in [-0.2, 0) is 9.59 Å². The number of carbonyl (C=O) groups is 2. The standard InChI is InChI=1S/C9H18N2O2/c1-6(2)11(7(3)4)9(13)5-8(10)12/h6-7H,5H2,1-4H3,(H2,10,12). The van der Waals surface area contributed by atoms with Crippen LogP contribution in [0.2, 0.25) is 0 Å². The summed E-state index contributed by atoms with van der Waals surface area (Å²) in [7, 11) is 0. The molecule has 0 aliphatic rings. The van der Waals surface area contributed by atoms with Crippen molar-refractivity contribution in [3.63, 3.8) is 0 Å². The summed E-state index contributed by atoms with van der Waals surface area (Å²) in [5.41, 5.74) is 4.95. The molecule has 0 atom stereocenters. The first kappa shape index (κ1) is 11.9. The van der Waals surface area contributed by atoms with E-state index in [2.05, 4.69) is 0 Å². The van der Waals surface area contributed by atoms with Crippen molar-refractivity contribution in [2.45, 2.75) is 46.2 Å². The lowest BCUT2D eigenvalue weighted by atomic mass is 10.2. The Bertz CT molecular complexity index is 192. The number of amides is 2. The molecule has 2 N–H and O–H groups in total. The Hall–Kier alpha value is -1.06. The molecule has 0 aliphatic heterocycles. The van der Waals surface area contributed by atoms with E-state index in [1.165, 1.54) is 0 Å². The van der Waals surface area contributed by atoms with Crippen molar-refractivity contribution in [2.24, 2.45) is 5.73 Å². The van der Waals surface area contributed by atoms with Crippen molar-refractivity contribution in [1.82, 2.24) is 4.90 Å². The smallest absolute Gasteiger partial charge is 0.232 e. The van der Waals surface area contributed by atoms with Gasteiger partial charge in [-0.15, -0.1) is 0 Å². The Balaban J connectivity index is 4.38. The fraction of sp³-hybridized carbons (Fsp3) is 0.778. The fourth-order valence-corrected chi connectivity index (χ4v) is 1.41. The number of carbonyl (C=O) groups excluding carboxylic acids is 2. The average molecular weight is 186 g/mol. The predicted molar refractivity (Wildman–Crippen MR) is 50.9 cm³/mol. The normalized spacial score (nSPS) is 10.6. The van der Waals surface area contributed by atoms with Crippen molar-refractivity contribution in [3.8, 4) is 0 Å². The van der Waals surface area contributed by atoms with Gasteiger partial charge in [-0.05, 0) is 27.7 Å². The van der Waals surface area contributed by atoms with E-state index in [9.17, 15) is 9.59 Å². The number of primary amides is 1. The highest BCUT2D eigenvalue weighted by molar-refractivity contribution is 5.96. The Morgan fingerprint density at radius 3 is 1.77 bits per heavy atom. The van der Waals surface area contributed by atoms with Crippen molar-refractivity contribution in [1.29, 1.82) is 0 Å². The summed E-state index contributed by atoms with van der Waals surface area (Å²) in [5.74, 6) is -0.770. The van der Waals surface area contributed by atoms with Crippen LogP contribution in [0.25, 0.3) is 0 Å². The Morgan fingerprint density at radius 2 is 1.54 bits per heavy atom. The summed E-state index contributed by atoms with van der Waals surface area (Å²) < 4.78 is 0. The summed E-state index contributed by atoms with van der Waals surface area (Å²) in [4.78, 5) is 23.7. The molecule has 0 aromatic carbocycles. The first-order valence-corrected chi connectivity index (χ1v) is 4.45. The second-order valence-corrected chi connectivity index (χ2v) is 3.63. The highest BCUT2D eigenvalue weighted by Crippen LogP contribution is 2.06. The molecule has 0 radical (unpaired) electrons. The van der Waals surface area contributed by atoms with Gasteiger partial charge in [0.15, 0.2) is 0 Å². The maximum absolute atomic E-state index is 11.5. The molecule has 76 valence electrons. The maximum atomic E-state index is 11.5. The Labute approximate surface area is 79.1 Å². The second kappa shape index (κ2) is 4.84. The zero-order valence-electron chi connectivity index (χ0n) is 8.70. The van der Waals surface area contributed by atoms with Gasteiger partial charge in [0.2, 0.25) is 11.8 Å². The lowest BCUT2D eigenvalue weighted by molar-refractivity contribution is -0.138. The molecule has 0 aliphatic carbocycles. The van der Waals surface area contributed by atoms with Gasteiger partial charge in [-0.3, -0.25) is 9.59 Å². The first-order chi connectivity index (χ1) is 5.86. The summed E-state index contributed by atoms with van der Waals surface area (Å²) in [6, 6.07) is 0.207. The molecule has 0 saturated carbocycles. The van der Waals surface area contributed by atoms with Gasteiger partial charge in [-0.25, -0.2) is 0 Å². The molecule has 0 spiro atoms. The maximum Gasteiger partial charge on any atom is 0.232 e. The lowest BCUT2D eigenvalue weighted by Crippen LogP contribution is -2.43. The summed E-state index contributed by atoms with van der Waals surface area (Å²) >= 11 is 0. The van der Waals surface area contributed by atoms with Gasteiger partial charge in [0.05, 0.1) is 0 Å². The Morgan fingerprint density at radius 1 is 1.15 bits per heavy atom. The molecule has 0 aromatic rings. The van der Waals surface area contributed by atoms with Crippen LogP contribution in [0.5, 0.6) is 0 Å². The molecule has 0 rings (SSSR count). The molecular formula is C9H18N2O2. The Kier molecular flexibility index (Phi) is 4.45. The summed E-state index contributed by atoms with van der Waals surface area (Å²) in [5, 5.41) is 0. The molecule has 0 unspecified atom stereocenters. The van der Waals surface area contributed by atoms with E-state index in [4.69, 9.17) is 5.73 Å². The molecule has 0 aromatic heterocycles. The van der Waals surface area contributed by atoms with Gasteiger partial charge in [-0.2, -0.15) is 0 Å². The van der Waals surface area contributed by atoms with E-state index in [0.29, 0.717) is 0 Å². The van der Waals surface area contributed by atoms with Gasteiger partial charge in [-0.1, -0.05) is 0 Å². The van der Waals surface area contributed by atoms with Crippen molar-refractivity contribution in [2.75, 3.05) is 0 Å². The van der Waals surface area contributed by atoms with E-state index < -0.39 is 5.91 Å². The van der Waals surface area contributed by atoms with Crippen molar-refractivity contribution < 1.29 is 9.59 Å². The van der Waals surface area contributed by atoms with Crippen LogP contribution in [0.3, 0.4) is 0 Å². The van der Waals surface area contributed by atoms with Crippen molar-refractivity contribution in [3.05, 3.63) is 0 Å². The molecule has 13 heavy (non-hydrogen) atoms. The third kappa shape index (κ3) is 3.92. The van der Waals surface area contributed by atoms with E-state index >= 15 is 0 Å². The fourth-order valence-electron chi connectivity index (χ4n) is 1.41. The van der Waals surface area contributed by atoms with Gasteiger partial charge < -0.3 is 10.6 Å². The molecule has 4 heteroatoms. The average Bonchev–Trinajstić information content (AvgIpc) is 1.81. The number of nitrogens with two attached hydrogens (primary N) is 1. The van der Waals surface area contributed by atoms with Crippen LogP contribution in [0.15, 0.2) is 0 Å². The minimum absolute atomic E-state index is 0.104. The minimum Gasteiger partial charge on any atom is -0.369 e. The SMILES string of the molecule is CC(C)N(C(=O)CC(N)=O)C(C)C. The summed E-state index contributed by atoms with van der Waals surface area (Å²) in [6.45, 7) is 7.66. The van der Waals surface area contributed by atoms with Crippen LogP contribution in [0, 0.1) is 0 Å². The molecule has 2 amide bonds. The minimum atomic E-state index is -0.573. The van der Waals surface area contributed by atoms with Crippen LogP contribution >= 0.6 is 0 Å². The largest absolute Gasteiger partial charge is 0.369 e. The third-order valence-corrected chi connectivity index (χ3v) is 1.73.